The van der Waals surface area contributed by atoms with Crippen molar-refractivity contribution in [3.05, 3.63) is 11.7 Å². The maximum absolute atomic E-state index is 15.3. The van der Waals surface area contributed by atoms with Crippen molar-refractivity contribution in [3.63, 3.8) is 0 Å². The van der Waals surface area contributed by atoms with Gasteiger partial charge in [-0.2, -0.15) is 4.98 Å². The summed E-state index contributed by atoms with van der Waals surface area (Å²) in [5.41, 5.74) is -0.385. The van der Waals surface area contributed by atoms with Gasteiger partial charge < -0.3 is 19.1 Å². The highest BCUT2D eigenvalue weighted by molar-refractivity contribution is 5.76. The van der Waals surface area contributed by atoms with Gasteiger partial charge >= 0.3 is 0 Å². The monoisotopic (exact) mass is 552 g/mol. The molecule has 7 nitrogen and oxygen atoms in total. The molecule has 3 heterocycles. The van der Waals surface area contributed by atoms with Crippen LogP contribution < -0.4 is 0 Å². The Morgan fingerprint density at radius 2 is 1.79 bits per heavy atom. The number of halogens is 3. The fourth-order valence-corrected chi connectivity index (χ4v) is 7.54. The molecule has 1 amide bonds. The van der Waals surface area contributed by atoms with E-state index in [4.69, 9.17) is 9.26 Å². The van der Waals surface area contributed by atoms with E-state index in [0.717, 1.165) is 25.9 Å². The summed E-state index contributed by atoms with van der Waals surface area (Å²) in [5.74, 6) is -2.82. The molecule has 0 N–H and O–H groups in total. The third-order valence-corrected chi connectivity index (χ3v) is 10.5. The van der Waals surface area contributed by atoms with Crippen molar-refractivity contribution in [2.75, 3.05) is 26.2 Å². The van der Waals surface area contributed by atoms with Crippen molar-refractivity contribution in [1.29, 1.82) is 0 Å². The maximum Gasteiger partial charge on any atom is 0.253 e. The fraction of sp³-hybridized carbons (Fsp3) is 0.897. The summed E-state index contributed by atoms with van der Waals surface area (Å²) < 4.78 is 55.9. The number of ether oxygens (including phenoxy) is 1. The van der Waals surface area contributed by atoms with Gasteiger partial charge in [0.05, 0.1) is 24.0 Å². The van der Waals surface area contributed by atoms with E-state index < -0.39 is 24.1 Å². The molecule has 5 aliphatic rings. The Morgan fingerprint density at radius 3 is 2.41 bits per heavy atom. The van der Waals surface area contributed by atoms with Crippen molar-refractivity contribution in [1.82, 2.24) is 19.9 Å². The fourth-order valence-electron chi connectivity index (χ4n) is 7.54. The molecule has 6 rings (SSSR count). The van der Waals surface area contributed by atoms with Gasteiger partial charge in [0.2, 0.25) is 11.8 Å². The van der Waals surface area contributed by atoms with E-state index in [-0.39, 0.29) is 36.2 Å². The van der Waals surface area contributed by atoms with Gasteiger partial charge in [0.1, 0.15) is 6.17 Å². The zero-order chi connectivity index (χ0) is 27.5. The Labute approximate surface area is 229 Å². The highest BCUT2D eigenvalue weighted by Gasteiger charge is 2.52. The summed E-state index contributed by atoms with van der Waals surface area (Å²) in [6.07, 6.45) is 3.04. The molecular formula is C29H43F3N4O3. The number of carbonyl (C=O) groups excluding carboxylic acids is 1. The lowest BCUT2D eigenvalue weighted by atomic mass is 9.78. The lowest BCUT2D eigenvalue weighted by Crippen LogP contribution is -2.53. The van der Waals surface area contributed by atoms with Crippen LogP contribution in [0.4, 0.5) is 13.2 Å². The van der Waals surface area contributed by atoms with Crippen LogP contribution in [0.5, 0.6) is 0 Å². The molecule has 0 aromatic carbocycles. The van der Waals surface area contributed by atoms with Gasteiger partial charge in [-0.3, -0.25) is 4.79 Å². The molecule has 5 fully saturated rings. The molecule has 218 valence electrons. The molecule has 39 heavy (non-hydrogen) atoms. The molecule has 6 atom stereocenters. The van der Waals surface area contributed by atoms with E-state index in [1.54, 1.807) is 4.90 Å². The van der Waals surface area contributed by atoms with E-state index in [1.165, 1.54) is 0 Å². The normalized spacial score (nSPS) is 37.8. The summed E-state index contributed by atoms with van der Waals surface area (Å²) >= 11 is 0. The van der Waals surface area contributed by atoms with Crippen molar-refractivity contribution >= 4 is 5.91 Å². The first kappa shape index (κ1) is 27.5. The zero-order valence-corrected chi connectivity index (χ0v) is 23.5. The number of fused-ring (bicyclic) bond motifs is 2. The molecule has 0 radical (unpaired) electrons. The summed E-state index contributed by atoms with van der Waals surface area (Å²) in [6.45, 7) is 9.29. The first-order chi connectivity index (χ1) is 18.5. The predicted molar refractivity (Wildman–Crippen MR) is 138 cm³/mol. The average Bonchev–Trinajstić information content (AvgIpc) is 3.31. The van der Waals surface area contributed by atoms with Gasteiger partial charge in [0, 0.05) is 50.5 Å². The summed E-state index contributed by atoms with van der Waals surface area (Å²) in [5, 5.41) is 4.11. The quantitative estimate of drug-likeness (QED) is 0.469. The van der Waals surface area contributed by atoms with Gasteiger partial charge in [-0.05, 0) is 70.6 Å². The van der Waals surface area contributed by atoms with Crippen LogP contribution in [0.25, 0.3) is 0 Å². The third kappa shape index (κ3) is 5.36. The Bertz CT molecular complexity index is 1030. The minimum Gasteiger partial charge on any atom is -0.374 e. The molecule has 2 bridgehead atoms. The van der Waals surface area contributed by atoms with Crippen molar-refractivity contribution < 1.29 is 27.2 Å². The van der Waals surface area contributed by atoms with Crippen molar-refractivity contribution in [2.45, 2.75) is 120 Å². The smallest absolute Gasteiger partial charge is 0.253 e. The number of likely N-dealkylation sites (tertiary alicyclic amines) is 2. The number of hydrogen-bond acceptors (Lipinski definition) is 6. The SMILES string of the molecule is CC(C)N1CC2CCC(C1)C2O[C@H]1CCCC(F)(F)[C@@H]1CC(=O)N1CCC(C)(c2noc([C@@H]3C[C@@H]3F)n2)CC1. The van der Waals surface area contributed by atoms with Crippen molar-refractivity contribution in [3.8, 4) is 0 Å². The third-order valence-electron chi connectivity index (χ3n) is 10.5. The second-order valence-electron chi connectivity index (χ2n) is 13.5. The molecule has 3 saturated carbocycles. The maximum atomic E-state index is 15.3. The number of hydrogen-bond donors (Lipinski definition) is 0. The van der Waals surface area contributed by atoms with Crippen LogP contribution in [0.1, 0.15) is 96.2 Å². The lowest BCUT2D eigenvalue weighted by molar-refractivity contribution is -0.188. The van der Waals surface area contributed by atoms with E-state index >= 15 is 8.78 Å². The molecular weight excluding hydrogens is 509 g/mol. The second kappa shape index (κ2) is 10.3. The molecule has 1 aromatic heterocycles. The first-order valence-electron chi connectivity index (χ1n) is 15.1. The number of piperidine rings is 2. The van der Waals surface area contributed by atoms with Crippen molar-refractivity contribution in [2.24, 2.45) is 17.8 Å². The van der Waals surface area contributed by atoms with Crippen LogP contribution in [0, 0.1) is 17.8 Å². The molecule has 2 aliphatic heterocycles. The minimum absolute atomic E-state index is 0.0235. The minimum atomic E-state index is -2.90. The predicted octanol–water partition coefficient (Wildman–Crippen LogP) is 5.10. The summed E-state index contributed by atoms with van der Waals surface area (Å²) in [6, 6.07) is 0.479. The Hall–Kier alpha value is -1.68. The van der Waals surface area contributed by atoms with Crippen LogP contribution in [0.15, 0.2) is 4.52 Å². The number of rotatable bonds is 7. The van der Waals surface area contributed by atoms with Crippen LogP contribution in [-0.2, 0) is 14.9 Å². The van der Waals surface area contributed by atoms with Gasteiger partial charge in [0.25, 0.3) is 5.92 Å². The van der Waals surface area contributed by atoms with E-state index in [0.29, 0.717) is 74.8 Å². The van der Waals surface area contributed by atoms with Crippen LogP contribution in [0.3, 0.4) is 0 Å². The Morgan fingerprint density at radius 1 is 1.13 bits per heavy atom. The molecule has 2 unspecified atom stereocenters. The summed E-state index contributed by atoms with van der Waals surface area (Å²) in [7, 11) is 0. The summed E-state index contributed by atoms with van der Waals surface area (Å²) in [4.78, 5) is 22.0. The number of amides is 1. The number of nitrogens with zero attached hydrogens (tertiary/aromatic N) is 4. The van der Waals surface area contributed by atoms with Gasteiger partial charge in [0.15, 0.2) is 5.82 Å². The van der Waals surface area contributed by atoms with Gasteiger partial charge in [-0.25, -0.2) is 13.2 Å². The topological polar surface area (TPSA) is 71.7 Å². The number of carbonyl (C=O) groups is 1. The molecule has 1 aromatic rings. The number of alkyl halides is 3. The zero-order valence-electron chi connectivity index (χ0n) is 23.5. The highest BCUT2D eigenvalue weighted by atomic mass is 19.3. The molecule has 10 heteroatoms. The van der Waals surface area contributed by atoms with E-state index in [9.17, 15) is 9.18 Å². The average molecular weight is 553 g/mol. The van der Waals surface area contributed by atoms with Gasteiger partial charge in [-0.15, -0.1) is 0 Å². The van der Waals surface area contributed by atoms with E-state index in [2.05, 4.69) is 28.9 Å². The second-order valence-corrected chi connectivity index (χ2v) is 13.5. The van der Waals surface area contributed by atoms with Gasteiger partial charge in [-0.1, -0.05) is 12.1 Å². The standard InChI is InChI=1S/C29H43F3N4O3/c1-17(2)36-15-18-6-7-19(16-36)25(18)38-23-5-4-8-29(31,32)21(23)14-24(37)35-11-9-28(3,10-12-35)27-33-26(39-34-27)20-13-22(20)30/h17-23,25H,4-16H2,1-3H3/t18?,19?,20-,21-,22+,23+,25?/m1/s1. The molecule has 3 aliphatic carbocycles. The first-order valence-corrected chi connectivity index (χ1v) is 15.1. The van der Waals surface area contributed by atoms with Crippen LogP contribution in [-0.4, -0.2) is 82.4 Å². The lowest BCUT2D eigenvalue weighted by Gasteiger charge is -2.45. The van der Waals surface area contributed by atoms with Crippen LogP contribution >= 0.6 is 0 Å². The Balaban J connectivity index is 1.08. The molecule has 2 saturated heterocycles. The molecule has 0 spiro atoms. The van der Waals surface area contributed by atoms with Crippen LogP contribution in [0.2, 0.25) is 0 Å². The highest BCUT2D eigenvalue weighted by Crippen LogP contribution is 2.47. The largest absolute Gasteiger partial charge is 0.374 e. The van der Waals surface area contributed by atoms with E-state index in [1.807, 2.05) is 6.92 Å². The number of aromatic nitrogens is 2. The Kier molecular flexibility index (Phi) is 7.26.